The predicted octanol–water partition coefficient (Wildman–Crippen LogP) is 0.406. The zero-order valence-corrected chi connectivity index (χ0v) is 10.6. The summed E-state index contributed by atoms with van der Waals surface area (Å²) in [5, 5.41) is 17.5. The van der Waals surface area contributed by atoms with E-state index in [1.807, 2.05) is 6.92 Å². The van der Waals surface area contributed by atoms with E-state index in [1.54, 1.807) is 12.4 Å². The highest BCUT2D eigenvalue weighted by molar-refractivity contribution is 5.41. The Morgan fingerprint density at radius 3 is 2.58 bits per heavy atom. The number of nitrogens with one attached hydrogen (secondary N) is 1. The fraction of sp³-hybridized carbons (Fsp3) is 0.500. The molecule has 0 radical (unpaired) electrons. The van der Waals surface area contributed by atoms with E-state index in [0.717, 1.165) is 18.7 Å². The number of aromatic nitrogens is 4. The van der Waals surface area contributed by atoms with Gasteiger partial charge in [-0.3, -0.25) is 0 Å². The molecule has 3 heterocycles. The van der Waals surface area contributed by atoms with Gasteiger partial charge in [-0.2, -0.15) is 4.98 Å². The Balaban J connectivity index is 1.88. The Labute approximate surface area is 110 Å². The SMILES string of the molecule is Cc1cnc(-c2noc(C3(O)CCNCC3)n2)nc1. The fourth-order valence-electron chi connectivity index (χ4n) is 2.07. The number of nitrogens with zero attached hydrogens (tertiary/aromatic N) is 4. The molecule has 0 aliphatic carbocycles. The normalized spacial score (nSPS) is 18.4. The lowest BCUT2D eigenvalue weighted by atomic mass is 9.92. The van der Waals surface area contributed by atoms with Gasteiger partial charge in [-0.15, -0.1) is 0 Å². The quantitative estimate of drug-likeness (QED) is 0.807. The van der Waals surface area contributed by atoms with E-state index in [-0.39, 0.29) is 5.89 Å². The van der Waals surface area contributed by atoms with Crippen LogP contribution in [0.2, 0.25) is 0 Å². The number of hydrogen-bond acceptors (Lipinski definition) is 7. The van der Waals surface area contributed by atoms with Gasteiger partial charge in [-0.05, 0) is 38.4 Å². The molecule has 2 N–H and O–H groups in total. The van der Waals surface area contributed by atoms with Crippen molar-refractivity contribution in [3.63, 3.8) is 0 Å². The number of hydrogen-bond donors (Lipinski definition) is 2. The highest BCUT2D eigenvalue weighted by Gasteiger charge is 2.37. The summed E-state index contributed by atoms with van der Waals surface area (Å²) < 4.78 is 5.17. The highest BCUT2D eigenvalue weighted by Crippen LogP contribution is 2.29. The number of aliphatic hydroxyl groups is 1. The van der Waals surface area contributed by atoms with E-state index in [4.69, 9.17) is 4.52 Å². The molecule has 0 aromatic carbocycles. The van der Waals surface area contributed by atoms with Crippen LogP contribution in [0.3, 0.4) is 0 Å². The van der Waals surface area contributed by atoms with Crippen molar-refractivity contribution < 1.29 is 9.63 Å². The van der Waals surface area contributed by atoms with Crippen LogP contribution < -0.4 is 5.32 Å². The number of aryl methyl sites for hydroxylation is 1. The maximum absolute atomic E-state index is 10.5. The van der Waals surface area contributed by atoms with Crippen molar-refractivity contribution in [1.82, 2.24) is 25.4 Å². The summed E-state index contributed by atoms with van der Waals surface area (Å²) >= 11 is 0. The monoisotopic (exact) mass is 261 g/mol. The van der Waals surface area contributed by atoms with Gasteiger partial charge < -0.3 is 14.9 Å². The second-order valence-electron chi connectivity index (χ2n) is 4.79. The molecule has 1 aliphatic heterocycles. The lowest BCUT2D eigenvalue weighted by molar-refractivity contribution is -0.0228. The van der Waals surface area contributed by atoms with Crippen molar-refractivity contribution in [1.29, 1.82) is 0 Å². The van der Waals surface area contributed by atoms with Gasteiger partial charge in [0, 0.05) is 12.4 Å². The van der Waals surface area contributed by atoms with Crippen molar-refractivity contribution in [2.45, 2.75) is 25.4 Å². The molecule has 100 valence electrons. The fourth-order valence-corrected chi connectivity index (χ4v) is 2.07. The first-order valence-electron chi connectivity index (χ1n) is 6.24. The average molecular weight is 261 g/mol. The van der Waals surface area contributed by atoms with Crippen LogP contribution >= 0.6 is 0 Å². The Morgan fingerprint density at radius 2 is 1.89 bits per heavy atom. The lowest BCUT2D eigenvalue weighted by Crippen LogP contribution is -2.39. The Kier molecular flexibility index (Phi) is 3.00. The molecule has 0 atom stereocenters. The summed E-state index contributed by atoms with van der Waals surface area (Å²) in [6.45, 7) is 3.37. The van der Waals surface area contributed by atoms with Gasteiger partial charge in [0.25, 0.3) is 5.89 Å². The minimum absolute atomic E-state index is 0.244. The van der Waals surface area contributed by atoms with Crippen LogP contribution in [0.4, 0.5) is 0 Å². The van der Waals surface area contributed by atoms with E-state index in [0.29, 0.717) is 24.5 Å². The van der Waals surface area contributed by atoms with Gasteiger partial charge in [-0.1, -0.05) is 5.16 Å². The van der Waals surface area contributed by atoms with Crippen LogP contribution in [0.5, 0.6) is 0 Å². The second-order valence-corrected chi connectivity index (χ2v) is 4.79. The first-order chi connectivity index (χ1) is 9.17. The van der Waals surface area contributed by atoms with E-state index in [1.165, 1.54) is 0 Å². The smallest absolute Gasteiger partial charge is 0.259 e. The van der Waals surface area contributed by atoms with E-state index in [9.17, 15) is 5.11 Å². The molecule has 7 nitrogen and oxygen atoms in total. The zero-order chi connectivity index (χ0) is 13.3. The molecular formula is C12H15N5O2. The minimum Gasteiger partial charge on any atom is -0.380 e. The molecule has 1 aliphatic rings. The average Bonchev–Trinajstić information content (AvgIpc) is 2.91. The molecule has 7 heteroatoms. The molecule has 0 spiro atoms. The standard InChI is InChI=1S/C12H15N5O2/c1-8-6-14-9(15-7-8)10-16-11(19-17-10)12(18)2-4-13-5-3-12/h6-7,13,18H,2-5H2,1H3. The van der Waals surface area contributed by atoms with Crippen molar-refractivity contribution >= 4 is 0 Å². The van der Waals surface area contributed by atoms with Gasteiger partial charge in [0.15, 0.2) is 0 Å². The van der Waals surface area contributed by atoms with Gasteiger partial charge in [-0.25, -0.2) is 9.97 Å². The first kappa shape index (κ1) is 12.2. The molecule has 0 amide bonds. The summed E-state index contributed by atoms with van der Waals surface area (Å²) in [5.74, 6) is 0.952. The van der Waals surface area contributed by atoms with Crippen LogP contribution in [0, 0.1) is 6.92 Å². The summed E-state index contributed by atoms with van der Waals surface area (Å²) in [7, 11) is 0. The molecule has 0 unspecified atom stereocenters. The zero-order valence-electron chi connectivity index (χ0n) is 10.6. The highest BCUT2D eigenvalue weighted by atomic mass is 16.5. The molecule has 1 saturated heterocycles. The van der Waals surface area contributed by atoms with Crippen LogP contribution in [-0.2, 0) is 5.60 Å². The van der Waals surface area contributed by atoms with Gasteiger partial charge in [0.05, 0.1) is 0 Å². The Morgan fingerprint density at radius 1 is 1.21 bits per heavy atom. The molecule has 1 fully saturated rings. The molecule has 2 aromatic rings. The molecule has 0 bridgehead atoms. The minimum atomic E-state index is -1.04. The summed E-state index contributed by atoms with van der Waals surface area (Å²) in [6.07, 6.45) is 4.50. The molecular weight excluding hydrogens is 246 g/mol. The second kappa shape index (κ2) is 4.67. The third-order valence-electron chi connectivity index (χ3n) is 3.24. The summed E-state index contributed by atoms with van der Waals surface area (Å²) in [6, 6.07) is 0. The molecule has 2 aromatic heterocycles. The van der Waals surface area contributed by atoms with Gasteiger partial charge >= 0.3 is 0 Å². The third-order valence-corrected chi connectivity index (χ3v) is 3.24. The van der Waals surface area contributed by atoms with E-state index < -0.39 is 5.60 Å². The maximum Gasteiger partial charge on any atom is 0.259 e. The lowest BCUT2D eigenvalue weighted by Gasteiger charge is -2.28. The first-order valence-corrected chi connectivity index (χ1v) is 6.24. The third kappa shape index (κ3) is 2.34. The van der Waals surface area contributed by atoms with Crippen LogP contribution in [0.1, 0.15) is 24.3 Å². The van der Waals surface area contributed by atoms with Crippen molar-refractivity contribution in [2.75, 3.05) is 13.1 Å². The van der Waals surface area contributed by atoms with Gasteiger partial charge in [0.1, 0.15) is 5.60 Å². The molecule has 19 heavy (non-hydrogen) atoms. The van der Waals surface area contributed by atoms with Crippen LogP contribution in [0.15, 0.2) is 16.9 Å². The molecule has 0 saturated carbocycles. The van der Waals surface area contributed by atoms with Crippen LogP contribution in [0.25, 0.3) is 11.6 Å². The van der Waals surface area contributed by atoms with Crippen molar-refractivity contribution in [3.8, 4) is 11.6 Å². The Hall–Kier alpha value is -1.86. The Bertz CT molecular complexity index is 560. The van der Waals surface area contributed by atoms with Gasteiger partial charge in [0.2, 0.25) is 11.6 Å². The van der Waals surface area contributed by atoms with E-state index in [2.05, 4.69) is 25.4 Å². The summed E-state index contributed by atoms with van der Waals surface area (Å²) in [5.41, 5.74) is -0.0780. The van der Waals surface area contributed by atoms with Crippen molar-refractivity contribution in [3.05, 3.63) is 23.8 Å². The number of rotatable bonds is 2. The topological polar surface area (TPSA) is 97.0 Å². The van der Waals surface area contributed by atoms with E-state index >= 15 is 0 Å². The summed E-state index contributed by atoms with van der Waals surface area (Å²) in [4.78, 5) is 12.5. The maximum atomic E-state index is 10.5. The van der Waals surface area contributed by atoms with Crippen molar-refractivity contribution in [2.24, 2.45) is 0 Å². The largest absolute Gasteiger partial charge is 0.380 e. The number of piperidine rings is 1. The molecule has 3 rings (SSSR count). The van der Waals surface area contributed by atoms with Crippen LogP contribution in [-0.4, -0.2) is 38.3 Å². The predicted molar refractivity (Wildman–Crippen MR) is 66.1 cm³/mol.